The van der Waals surface area contributed by atoms with Crippen LogP contribution in [0.15, 0.2) is 0 Å². The quantitative estimate of drug-likeness (QED) is 0.738. The molecule has 86 valence electrons. The first kappa shape index (κ1) is 12.5. The standard InChI is InChI=1S/C9H12BrF2NO2/c10-5-7(14)6-3-1-2-4-13(6)9(15)8(11)12/h6,8H,1-5H2. The number of hydrogen-bond acceptors (Lipinski definition) is 2. The normalized spacial score (nSPS) is 21.9. The first-order valence-electron chi connectivity index (χ1n) is 4.75. The van der Waals surface area contributed by atoms with Crippen LogP contribution in [0.1, 0.15) is 19.3 Å². The Morgan fingerprint density at radius 1 is 1.40 bits per heavy atom. The van der Waals surface area contributed by atoms with Gasteiger partial charge in [0.25, 0.3) is 5.91 Å². The molecule has 1 unspecified atom stereocenters. The number of ketones is 1. The Hall–Kier alpha value is -0.520. The minimum atomic E-state index is -3.02. The van der Waals surface area contributed by atoms with Gasteiger partial charge in [-0.15, -0.1) is 0 Å². The van der Waals surface area contributed by atoms with Crippen molar-refractivity contribution < 1.29 is 18.4 Å². The van der Waals surface area contributed by atoms with Crippen LogP contribution < -0.4 is 0 Å². The lowest BCUT2D eigenvalue weighted by molar-refractivity contribution is -0.150. The molecule has 1 heterocycles. The highest BCUT2D eigenvalue weighted by Crippen LogP contribution is 2.20. The summed E-state index contributed by atoms with van der Waals surface area (Å²) >= 11 is 2.99. The smallest absolute Gasteiger partial charge is 0.315 e. The van der Waals surface area contributed by atoms with Crippen molar-refractivity contribution in [3.63, 3.8) is 0 Å². The van der Waals surface area contributed by atoms with Crippen LogP contribution in [0.4, 0.5) is 8.78 Å². The first-order valence-corrected chi connectivity index (χ1v) is 5.87. The molecule has 0 aromatic heterocycles. The third-order valence-corrected chi connectivity index (χ3v) is 3.03. The van der Waals surface area contributed by atoms with Gasteiger partial charge in [0.15, 0.2) is 5.78 Å². The highest BCUT2D eigenvalue weighted by molar-refractivity contribution is 9.09. The summed E-state index contributed by atoms with van der Waals surface area (Å²) in [5.74, 6) is -1.43. The van der Waals surface area contributed by atoms with E-state index in [0.717, 1.165) is 11.3 Å². The van der Waals surface area contributed by atoms with Gasteiger partial charge in [0, 0.05) is 6.54 Å². The summed E-state index contributed by atoms with van der Waals surface area (Å²) in [5, 5.41) is 0.102. The Kier molecular flexibility index (Phi) is 4.63. The van der Waals surface area contributed by atoms with Gasteiger partial charge < -0.3 is 4.90 Å². The molecule has 1 rings (SSSR count). The van der Waals surface area contributed by atoms with Crippen molar-refractivity contribution in [1.29, 1.82) is 0 Å². The molecule has 15 heavy (non-hydrogen) atoms. The van der Waals surface area contributed by atoms with Gasteiger partial charge in [0.1, 0.15) is 0 Å². The van der Waals surface area contributed by atoms with Gasteiger partial charge in [0.05, 0.1) is 11.4 Å². The van der Waals surface area contributed by atoms with E-state index in [0.29, 0.717) is 12.8 Å². The molecule has 0 aliphatic carbocycles. The average Bonchev–Trinajstić information content (AvgIpc) is 2.27. The third kappa shape index (κ3) is 2.96. The van der Waals surface area contributed by atoms with E-state index in [-0.39, 0.29) is 17.7 Å². The molecule has 0 saturated carbocycles. The van der Waals surface area contributed by atoms with E-state index in [1.807, 2.05) is 0 Å². The van der Waals surface area contributed by atoms with Gasteiger partial charge in [-0.2, -0.15) is 8.78 Å². The largest absolute Gasteiger partial charge is 0.328 e. The molecule has 1 fully saturated rings. The maximum atomic E-state index is 12.2. The molecule has 3 nitrogen and oxygen atoms in total. The zero-order chi connectivity index (χ0) is 11.4. The molecular weight excluding hydrogens is 272 g/mol. The van der Waals surface area contributed by atoms with Crippen molar-refractivity contribution in [2.24, 2.45) is 0 Å². The van der Waals surface area contributed by atoms with Crippen molar-refractivity contribution in [1.82, 2.24) is 4.90 Å². The Balaban J connectivity index is 2.73. The minimum absolute atomic E-state index is 0.102. The van der Waals surface area contributed by atoms with Crippen LogP contribution in [0.25, 0.3) is 0 Å². The summed E-state index contributed by atoms with van der Waals surface area (Å²) < 4.78 is 24.5. The molecule has 6 heteroatoms. The highest BCUT2D eigenvalue weighted by Gasteiger charge is 2.34. The van der Waals surface area contributed by atoms with E-state index in [2.05, 4.69) is 15.9 Å². The zero-order valence-corrected chi connectivity index (χ0v) is 9.67. The molecule has 0 bridgehead atoms. The predicted octanol–water partition coefficient (Wildman–Crippen LogP) is 1.60. The van der Waals surface area contributed by atoms with Crippen molar-refractivity contribution in [2.45, 2.75) is 31.7 Å². The number of nitrogens with zero attached hydrogens (tertiary/aromatic N) is 1. The van der Waals surface area contributed by atoms with Crippen LogP contribution in [0, 0.1) is 0 Å². The number of alkyl halides is 3. The molecular formula is C9H12BrF2NO2. The van der Waals surface area contributed by atoms with E-state index >= 15 is 0 Å². The number of piperidine rings is 1. The van der Waals surface area contributed by atoms with Gasteiger partial charge in [-0.25, -0.2) is 0 Å². The van der Waals surface area contributed by atoms with E-state index < -0.39 is 18.4 Å². The summed E-state index contributed by atoms with van der Waals surface area (Å²) in [4.78, 5) is 23.6. The third-order valence-electron chi connectivity index (χ3n) is 2.48. The Morgan fingerprint density at radius 3 is 2.60 bits per heavy atom. The summed E-state index contributed by atoms with van der Waals surface area (Å²) in [7, 11) is 0. The molecule has 1 atom stereocenters. The summed E-state index contributed by atoms with van der Waals surface area (Å²) in [6.45, 7) is 0.257. The second kappa shape index (κ2) is 5.53. The number of hydrogen-bond donors (Lipinski definition) is 0. The molecule has 0 aromatic rings. The van der Waals surface area contributed by atoms with E-state index in [4.69, 9.17) is 0 Å². The number of carbonyl (C=O) groups is 2. The monoisotopic (exact) mass is 283 g/mol. The molecule has 0 N–H and O–H groups in total. The van der Waals surface area contributed by atoms with Crippen LogP contribution in [0.5, 0.6) is 0 Å². The van der Waals surface area contributed by atoms with Crippen LogP contribution in [-0.4, -0.2) is 40.9 Å². The number of carbonyl (C=O) groups excluding carboxylic acids is 2. The maximum absolute atomic E-state index is 12.2. The summed E-state index contributed by atoms with van der Waals surface area (Å²) in [5.41, 5.74) is 0. The van der Waals surface area contributed by atoms with Gasteiger partial charge in [0.2, 0.25) is 0 Å². The lowest BCUT2D eigenvalue weighted by Crippen LogP contribution is -2.50. The minimum Gasteiger partial charge on any atom is -0.328 e. The van der Waals surface area contributed by atoms with E-state index in [1.54, 1.807) is 0 Å². The fourth-order valence-electron chi connectivity index (χ4n) is 1.74. The lowest BCUT2D eigenvalue weighted by atomic mass is 9.99. The van der Waals surface area contributed by atoms with Crippen LogP contribution in [0.3, 0.4) is 0 Å². The molecule has 1 saturated heterocycles. The highest BCUT2D eigenvalue weighted by atomic mass is 79.9. The lowest BCUT2D eigenvalue weighted by Gasteiger charge is -2.34. The van der Waals surface area contributed by atoms with Crippen LogP contribution >= 0.6 is 15.9 Å². The van der Waals surface area contributed by atoms with Gasteiger partial charge in [-0.3, -0.25) is 9.59 Å². The summed E-state index contributed by atoms with van der Waals surface area (Å²) in [6.07, 6.45) is -1.04. The Labute approximate surface area is 94.9 Å². The Bertz CT molecular complexity index is 260. The van der Waals surface area contributed by atoms with Crippen molar-refractivity contribution in [2.75, 3.05) is 11.9 Å². The maximum Gasteiger partial charge on any atom is 0.315 e. The van der Waals surface area contributed by atoms with E-state index in [1.165, 1.54) is 0 Å². The first-order chi connectivity index (χ1) is 7.07. The topological polar surface area (TPSA) is 37.4 Å². The van der Waals surface area contributed by atoms with Gasteiger partial charge >= 0.3 is 6.43 Å². The average molecular weight is 284 g/mol. The van der Waals surface area contributed by atoms with Gasteiger partial charge in [-0.1, -0.05) is 15.9 Å². The fourth-order valence-corrected chi connectivity index (χ4v) is 2.12. The number of rotatable bonds is 3. The molecule has 0 spiro atoms. The zero-order valence-electron chi connectivity index (χ0n) is 8.09. The SMILES string of the molecule is O=C(CBr)C1CCCCN1C(=O)C(F)F. The van der Waals surface area contributed by atoms with Crippen molar-refractivity contribution >= 4 is 27.6 Å². The predicted molar refractivity (Wildman–Crippen MR) is 54.2 cm³/mol. The summed E-state index contributed by atoms with van der Waals surface area (Å²) in [6, 6.07) is -0.667. The van der Waals surface area contributed by atoms with E-state index in [9.17, 15) is 18.4 Å². The number of amides is 1. The molecule has 0 aromatic carbocycles. The van der Waals surface area contributed by atoms with Crippen LogP contribution in [0.2, 0.25) is 0 Å². The molecule has 1 aliphatic heterocycles. The second-order valence-corrected chi connectivity index (χ2v) is 4.00. The number of halogens is 3. The molecule has 1 amide bonds. The molecule has 0 radical (unpaired) electrons. The number of likely N-dealkylation sites (tertiary alicyclic amines) is 1. The van der Waals surface area contributed by atoms with Crippen molar-refractivity contribution in [3.8, 4) is 0 Å². The van der Waals surface area contributed by atoms with Gasteiger partial charge in [-0.05, 0) is 19.3 Å². The number of Topliss-reactive ketones (excluding diaryl/α,β-unsaturated/α-hetero) is 1. The van der Waals surface area contributed by atoms with Crippen LogP contribution in [-0.2, 0) is 9.59 Å². The fraction of sp³-hybridized carbons (Fsp3) is 0.778. The van der Waals surface area contributed by atoms with Crippen molar-refractivity contribution in [3.05, 3.63) is 0 Å². The molecule has 1 aliphatic rings. The second-order valence-electron chi connectivity index (χ2n) is 3.44. The Morgan fingerprint density at radius 2 is 2.07 bits per heavy atom.